The Kier molecular flexibility index (Phi) is 2.78. The fourth-order valence-corrected chi connectivity index (χ4v) is 2.11. The minimum atomic E-state index is -0.449. The van der Waals surface area contributed by atoms with E-state index >= 15 is 0 Å². The number of piperidine rings is 1. The summed E-state index contributed by atoms with van der Waals surface area (Å²) in [6, 6.07) is 0.0863. The summed E-state index contributed by atoms with van der Waals surface area (Å²) in [5.41, 5.74) is 5.87. The van der Waals surface area contributed by atoms with E-state index in [9.17, 15) is 10.1 Å². The molecular weight excluding hydrogens is 210 g/mol. The number of aromatic nitrogens is 2. The molecular formula is C9H15N5O2. The van der Waals surface area contributed by atoms with Crippen LogP contribution in [-0.2, 0) is 7.05 Å². The number of nitrogens with zero attached hydrogens (tertiary/aromatic N) is 4. The van der Waals surface area contributed by atoms with Crippen LogP contribution >= 0.6 is 0 Å². The van der Waals surface area contributed by atoms with Crippen LogP contribution < -0.4 is 10.6 Å². The first-order valence-corrected chi connectivity index (χ1v) is 5.26. The van der Waals surface area contributed by atoms with Crippen LogP contribution in [0, 0.1) is 10.1 Å². The second-order valence-corrected chi connectivity index (χ2v) is 4.11. The maximum Gasteiger partial charge on any atom is 0.406 e. The number of hydrogen-bond acceptors (Lipinski definition) is 5. The van der Waals surface area contributed by atoms with Crippen LogP contribution in [0.25, 0.3) is 0 Å². The zero-order valence-corrected chi connectivity index (χ0v) is 9.17. The van der Waals surface area contributed by atoms with Crippen LogP contribution in [0.3, 0.4) is 0 Å². The van der Waals surface area contributed by atoms with Gasteiger partial charge >= 0.3 is 5.82 Å². The molecule has 0 bridgehead atoms. The molecule has 1 atom stereocenters. The minimum absolute atomic E-state index is 0.0863. The molecule has 0 radical (unpaired) electrons. The molecule has 1 unspecified atom stereocenters. The third-order valence-corrected chi connectivity index (χ3v) is 2.82. The van der Waals surface area contributed by atoms with Crippen molar-refractivity contribution >= 4 is 11.6 Å². The molecule has 1 aliphatic heterocycles. The van der Waals surface area contributed by atoms with Gasteiger partial charge in [-0.25, -0.2) is 0 Å². The highest BCUT2D eigenvalue weighted by Crippen LogP contribution is 2.27. The molecule has 1 saturated heterocycles. The average Bonchev–Trinajstić information content (AvgIpc) is 2.60. The van der Waals surface area contributed by atoms with Crippen molar-refractivity contribution in [1.29, 1.82) is 0 Å². The lowest BCUT2D eigenvalue weighted by atomic mass is 10.1. The third-order valence-electron chi connectivity index (χ3n) is 2.82. The Bertz CT molecular complexity index is 403. The number of aryl methyl sites for hydroxylation is 1. The van der Waals surface area contributed by atoms with Gasteiger partial charge in [-0.2, -0.15) is 0 Å². The maximum atomic E-state index is 10.8. The molecule has 1 aromatic heterocycles. The summed E-state index contributed by atoms with van der Waals surface area (Å²) in [6.07, 6.45) is 3.40. The highest BCUT2D eigenvalue weighted by Gasteiger charge is 2.28. The van der Waals surface area contributed by atoms with Crippen molar-refractivity contribution in [2.75, 3.05) is 18.0 Å². The summed E-state index contributed by atoms with van der Waals surface area (Å²) in [6.45, 7) is 1.45. The van der Waals surface area contributed by atoms with Crippen molar-refractivity contribution in [1.82, 2.24) is 9.55 Å². The molecule has 0 aromatic carbocycles. The van der Waals surface area contributed by atoms with E-state index in [0.29, 0.717) is 12.4 Å². The van der Waals surface area contributed by atoms with E-state index in [-0.39, 0.29) is 11.9 Å². The summed E-state index contributed by atoms with van der Waals surface area (Å²) >= 11 is 0. The highest BCUT2D eigenvalue weighted by atomic mass is 16.6. The van der Waals surface area contributed by atoms with E-state index in [1.54, 1.807) is 11.6 Å². The molecule has 0 amide bonds. The van der Waals surface area contributed by atoms with E-state index in [2.05, 4.69) is 4.98 Å². The second kappa shape index (κ2) is 4.09. The Morgan fingerprint density at radius 3 is 3.06 bits per heavy atom. The molecule has 0 saturated carbocycles. The number of rotatable bonds is 2. The molecule has 2 heterocycles. The molecule has 2 rings (SSSR count). The van der Waals surface area contributed by atoms with Gasteiger partial charge in [-0.1, -0.05) is 0 Å². The summed E-state index contributed by atoms with van der Waals surface area (Å²) in [7, 11) is 1.76. The Morgan fingerprint density at radius 1 is 1.69 bits per heavy atom. The Morgan fingerprint density at radius 2 is 2.44 bits per heavy atom. The monoisotopic (exact) mass is 225 g/mol. The van der Waals surface area contributed by atoms with Gasteiger partial charge in [0, 0.05) is 26.2 Å². The van der Waals surface area contributed by atoms with Crippen molar-refractivity contribution in [2.24, 2.45) is 12.8 Å². The van der Waals surface area contributed by atoms with Gasteiger partial charge in [-0.05, 0) is 22.7 Å². The number of anilines is 1. The van der Waals surface area contributed by atoms with Crippen molar-refractivity contribution in [3.63, 3.8) is 0 Å². The number of hydrogen-bond donors (Lipinski definition) is 1. The molecule has 0 aliphatic carbocycles. The van der Waals surface area contributed by atoms with Crippen molar-refractivity contribution in [3.8, 4) is 0 Å². The molecule has 1 fully saturated rings. The van der Waals surface area contributed by atoms with Crippen LogP contribution in [0.1, 0.15) is 12.8 Å². The predicted molar refractivity (Wildman–Crippen MR) is 59.3 cm³/mol. The Labute approximate surface area is 93.0 Å². The first kappa shape index (κ1) is 10.9. The molecule has 7 heteroatoms. The predicted octanol–water partition coefficient (Wildman–Crippen LogP) is 0.256. The van der Waals surface area contributed by atoms with E-state index in [1.165, 1.54) is 6.33 Å². The summed E-state index contributed by atoms with van der Waals surface area (Å²) in [4.78, 5) is 16.1. The van der Waals surface area contributed by atoms with E-state index < -0.39 is 4.92 Å². The van der Waals surface area contributed by atoms with Gasteiger partial charge in [0.25, 0.3) is 0 Å². The lowest BCUT2D eigenvalue weighted by molar-refractivity contribution is -0.388. The molecule has 1 aromatic rings. The van der Waals surface area contributed by atoms with Gasteiger partial charge in [0.2, 0.25) is 12.1 Å². The second-order valence-electron chi connectivity index (χ2n) is 4.11. The molecule has 1 aliphatic rings. The molecule has 88 valence electrons. The minimum Gasteiger partial charge on any atom is -0.358 e. The van der Waals surface area contributed by atoms with Gasteiger partial charge in [0.05, 0.1) is 0 Å². The highest BCUT2D eigenvalue weighted by molar-refractivity contribution is 5.55. The lowest BCUT2D eigenvalue weighted by Gasteiger charge is -2.31. The number of imidazole rings is 1. The van der Waals surface area contributed by atoms with E-state index in [1.807, 2.05) is 4.90 Å². The Hall–Kier alpha value is -1.63. The quantitative estimate of drug-likeness (QED) is 0.575. The third kappa shape index (κ3) is 1.85. The molecule has 7 nitrogen and oxygen atoms in total. The summed E-state index contributed by atoms with van der Waals surface area (Å²) < 4.78 is 1.68. The van der Waals surface area contributed by atoms with E-state index in [0.717, 1.165) is 19.4 Å². The summed E-state index contributed by atoms with van der Waals surface area (Å²) in [5.74, 6) is 0.469. The van der Waals surface area contributed by atoms with Crippen molar-refractivity contribution < 1.29 is 4.92 Å². The van der Waals surface area contributed by atoms with Gasteiger partial charge in [0.15, 0.2) is 0 Å². The van der Waals surface area contributed by atoms with Gasteiger partial charge in [-0.15, -0.1) is 0 Å². The zero-order valence-electron chi connectivity index (χ0n) is 9.17. The lowest BCUT2D eigenvalue weighted by Crippen LogP contribution is -2.43. The SMILES string of the molecule is Cn1cnc([N+](=O)[O-])c1N1CCCC(N)C1. The van der Waals surface area contributed by atoms with Crippen LogP contribution in [0.15, 0.2) is 6.33 Å². The first-order chi connectivity index (χ1) is 7.59. The van der Waals surface area contributed by atoms with Gasteiger partial charge in [-0.3, -0.25) is 4.57 Å². The standard InChI is InChI=1S/C9H15N5O2/c1-12-6-11-8(14(15)16)9(12)13-4-2-3-7(10)5-13/h6-7H,2-5,10H2,1H3. The average molecular weight is 225 g/mol. The smallest absolute Gasteiger partial charge is 0.358 e. The van der Waals surface area contributed by atoms with Crippen molar-refractivity contribution in [3.05, 3.63) is 16.4 Å². The molecule has 16 heavy (non-hydrogen) atoms. The van der Waals surface area contributed by atoms with Crippen LogP contribution in [0.4, 0.5) is 11.6 Å². The molecule has 2 N–H and O–H groups in total. The Balaban J connectivity index is 2.31. The van der Waals surface area contributed by atoms with E-state index in [4.69, 9.17) is 5.73 Å². The maximum absolute atomic E-state index is 10.8. The van der Waals surface area contributed by atoms with Crippen LogP contribution in [0.5, 0.6) is 0 Å². The van der Waals surface area contributed by atoms with Gasteiger partial charge in [0.1, 0.15) is 0 Å². The van der Waals surface area contributed by atoms with Crippen LogP contribution in [0.2, 0.25) is 0 Å². The van der Waals surface area contributed by atoms with Crippen molar-refractivity contribution in [2.45, 2.75) is 18.9 Å². The largest absolute Gasteiger partial charge is 0.406 e. The normalized spacial score (nSPS) is 21.1. The first-order valence-electron chi connectivity index (χ1n) is 5.26. The topological polar surface area (TPSA) is 90.2 Å². The van der Waals surface area contributed by atoms with Crippen LogP contribution in [-0.4, -0.2) is 33.6 Å². The van der Waals surface area contributed by atoms with Gasteiger partial charge < -0.3 is 20.7 Å². The molecule has 0 spiro atoms. The number of nitrogens with two attached hydrogens (primary N) is 1. The zero-order chi connectivity index (χ0) is 11.7. The summed E-state index contributed by atoms with van der Waals surface area (Å²) in [5, 5.41) is 10.8. The fourth-order valence-electron chi connectivity index (χ4n) is 2.11. The number of nitro groups is 1. The fraction of sp³-hybridized carbons (Fsp3) is 0.667.